The third kappa shape index (κ3) is 4.00. The molecule has 0 spiro atoms. The van der Waals surface area contributed by atoms with E-state index in [4.69, 9.17) is 4.74 Å². The van der Waals surface area contributed by atoms with Crippen molar-refractivity contribution in [1.29, 1.82) is 0 Å². The van der Waals surface area contributed by atoms with Crippen molar-refractivity contribution in [2.24, 2.45) is 0 Å². The molecule has 100 valence electrons. The molecule has 3 nitrogen and oxygen atoms in total. The number of aliphatic hydroxyl groups excluding tert-OH is 1. The highest BCUT2D eigenvalue weighted by atomic mass is 16.5. The van der Waals surface area contributed by atoms with Crippen LogP contribution in [0.3, 0.4) is 0 Å². The summed E-state index contributed by atoms with van der Waals surface area (Å²) in [6.45, 7) is 5.05. The molecule has 0 unspecified atom stereocenters. The molecular weight excluding hydrogens is 226 g/mol. The molecule has 3 heteroatoms. The SMILES string of the molecule is CC(C)NC[C@@H](O)COc1ccccc1C1CC1. The molecule has 1 aliphatic carbocycles. The minimum absolute atomic E-state index is 0.351. The highest BCUT2D eigenvalue weighted by Gasteiger charge is 2.26. The Labute approximate surface area is 109 Å². The van der Waals surface area contributed by atoms with Crippen LogP contribution in [0.25, 0.3) is 0 Å². The molecule has 2 rings (SSSR count). The number of benzene rings is 1. The maximum absolute atomic E-state index is 9.82. The van der Waals surface area contributed by atoms with E-state index in [0.717, 1.165) is 5.75 Å². The van der Waals surface area contributed by atoms with Crippen LogP contribution in [0, 0.1) is 0 Å². The Hall–Kier alpha value is -1.06. The van der Waals surface area contributed by atoms with Gasteiger partial charge in [0.1, 0.15) is 18.5 Å². The molecule has 1 saturated carbocycles. The third-order valence-electron chi connectivity index (χ3n) is 3.13. The van der Waals surface area contributed by atoms with Gasteiger partial charge < -0.3 is 15.2 Å². The lowest BCUT2D eigenvalue weighted by Crippen LogP contribution is -2.35. The monoisotopic (exact) mass is 249 g/mol. The summed E-state index contributed by atoms with van der Waals surface area (Å²) in [4.78, 5) is 0. The topological polar surface area (TPSA) is 41.5 Å². The van der Waals surface area contributed by atoms with E-state index in [1.807, 2.05) is 12.1 Å². The van der Waals surface area contributed by atoms with Gasteiger partial charge in [-0.1, -0.05) is 32.0 Å². The minimum Gasteiger partial charge on any atom is -0.491 e. The number of nitrogens with one attached hydrogen (secondary N) is 1. The molecule has 0 saturated heterocycles. The van der Waals surface area contributed by atoms with Crippen LogP contribution in [0.1, 0.15) is 38.2 Å². The van der Waals surface area contributed by atoms with E-state index in [0.29, 0.717) is 25.1 Å². The molecule has 0 heterocycles. The van der Waals surface area contributed by atoms with Crippen molar-refractivity contribution in [2.75, 3.05) is 13.2 Å². The zero-order valence-corrected chi connectivity index (χ0v) is 11.2. The van der Waals surface area contributed by atoms with Gasteiger partial charge in [0.2, 0.25) is 0 Å². The Morgan fingerprint density at radius 1 is 1.33 bits per heavy atom. The predicted molar refractivity (Wildman–Crippen MR) is 73.1 cm³/mol. The Kier molecular flexibility index (Phi) is 4.61. The van der Waals surface area contributed by atoms with E-state index in [9.17, 15) is 5.11 Å². The van der Waals surface area contributed by atoms with Crippen LogP contribution in [0.4, 0.5) is 0 Å². The summed E-state index contributed by atoms with van der Waals surface area (Å²) >= 11 is 0. The van der Waals surface area contributed by atoms with Crippen molar-refractivity contribution in [2.45, 2.75) is 44.8 Å². The first kappa shape index (κ1) is 13.4. The van der Waals surface area contributed by atoms with E-state index >= 15 is 0 Å². The van der Waals surface area contributed by atoms with Crippen LogP contribution in [-0.4, -0.2) is 30.4 Å². The van der Waals surface area contributed by atoms with E-state index < -0.39 is 6.10 Å². The van der Waals surface area contributed by atoms with E-state index in [1.54, 1.807) is 0 Å². The summed E-state index contributed by atoms with van der Waals surface area (Å²) < 4.78 is 5.74. The van der Waals surface area contributed by atoms with Gasteiger partial charge in [0.25, 0.3) is 0 Å². The van der Waals surface area contributed by atoms with E-state index in [-0.39, 0.29) is 0 Å². The second-order valence-corrected chi connectivity index (χ2v) is 5.34. The van der Waals surface area contributed by atoms with Gasteiger partial charge in [-0.05, 0) is 30.4 Å². The Bertz CT molecular complexity index is 375. The highest BCUT2D eigenvalue weighted by Crippen LogP contribution is 2.44. The summed E-state index contributed by atoms with van der Waals surface area (Å²) in [5, 5.41) is 13.0. The maximum atomic E-state index is 9.82. The molecule has 18 heavy (non-hydrogen) atoms. The van der Waals surface area contributed by atoms with Crippen LogP contribution < -0.4 is 10.1 Å². The first-order chi connectivity index (χ1) is 8.66. The molecule has 1 fully saturated rings. The zero-order valence-electron chi connectivity index (χ0n) is 11.2. The maximum Gasteiger partial charge on any atom is 0.122 e. The van der Waals surface area contributed by atoms with Crippen molar-refractivity contribution in [1.82, 2.24) is 5.32 Å². The van der Waals surface area contributed by atoms with Gasteiger partial charge in [0.05, 0.1) is 0 Å². The minimum atomic E-state index is -0.459. The van der Waals surface area contributed by atoms with E-state index in [2.05, 4.69) is 31.3 Å². The van der Waals surface area contributed by atoms with Crippen LogP contribution in [0.5, 0.6) is 5.75 Å². The van der Waals surface area contributed by atoms with Crippen LogP contribution in [0.15, 0.2) is 24.3 Å². The Morgan fingerprint density at radius 2 is 2.06 bits per heavy atom. The Balaban J connectivity index is 1.82. The number of rotatable bonds is 7. The number of hydrogen-bond acceptors (Lipinski definition) is 3. The predicted octanol–water partition coefficient (Wildman–Crippen LogP) is 2.30. The molecule has 1 aliphatic rings. The molecule has 0 radical (unpaired) electrons. The highest BCUT2D eigenvalue weighted by molar-refractivity contribution is 5.38. The fourth-order valence-corrected chi connectivity index (χ4v) is 1.96. The van der Waals surface area contributed by atoms with Crippen LogP contribution in [-0.2, 0) is 0 Å². The van der Waals surface area contributed by atoms with Gasteiger partial charge in [0, 0.05) is 12.6 Å². The van der Waals surface area contributed by atoms with Crippen LogP contribution >= 0.6 is 0 Å². The molecule has 0 aliphatic heterocycles. The van der Waals surface area contributed by atoms with Gasteiger partial charge in [0.15, 0.2) is 0 Å². The molecule has 0 aromatic heterocycles. The van der Waals surface area contributed by atoms with Crippen molar-refractivity contribution in [3.63, 3.8) is 0 Å². The fraction of sp³-hybridized carbons (Fsp3) is 0.600. The largest absolute Gasteiger partial charge is 0.491 e. The standard InChI is InChI=1S/C15H23NO2/c1-11(2)16-9-13(17)10-18-15-6-4-3-5-14(15)12-7-8-12/h3-6,11-13,16-17H,7-10H2,1-2H3/t13-/m1/s1. The first-order valence-electron chi connectivity index (χ1n) is 6.80. The molecule has 1 aromatic carbocycles. The summed E-state index contributed by atoms with van der Waals surface area (Å²) in [5.41, 5.74) is 1.29. The number of hydrogen-bond donors (Lipinski definition) is 2. The van der Waals surface area contributed by atoms with Gasteiger partial charge in [-0.15, -0.1) is 0 Å². The summed E-state index contributed by atoms with van der Waals surface area (Å²) in [6, 6.07) is 8.55. The second-order valence-electron chi connectivity index (χ2n) is 5.34. The molecule has 0 bridgehead atoms. The normalized spacial score (nSPS) is 16.9. The molecule has 0 amide bonds. The van der Waals surface area contributed by atoms with Gasteiger partial charge in [-0.25, -0.2) is 0 Å². The fourth-order valence-electron chi connectivity index (χ4n) is 1.96. The zero-order chi connectivity index (χ0) is 13.0. The lowest BCUT2D eigenvalue weighted by atomic mass is 10.1. The third-order valence-corrected chi connectivity index (χ3v) is 3.13. The first-order valence-corrected chi connectivity index (χ1v) is 6.80. The molecule has 1 aromatic rings. The average Bonchev–Trinajstić information content (AvgIpc) is 3.18. The van der Waals surface area contributed by atoms with Gasteiger partial charge in [-0.2, -0.15) is 0 Å². The van der Waals surface area contributed by atoms with Crippen molar-refractivity contribution < 1.29 is 9.84 Å². The quantitative estimate of drug-likeness (QED) is 0.779. The number of aliphatic hydroxyl groups is 1. The summed E-state index contributed by atoms with van der Waals surface area (Å²) in [5.74, 6) is 1.61. The van der Waals surface area contributed by atoms with Crippen molar-refractivity contribution >= 4 is 0 Å². The number of para-hydroxylation sites is 1. The van der Waals surface area contributed by atoms with Gasteiger partial charge in [-0.3, -0.25) is 0 Å². The molecule has 2 N–H and O–H groups in total. The number of ether oxygens (including phenoxy) is 1. The molecule has 1 atom stereocenters. The van der Waals surface area contributed by atoms with Crippen molar-refractivity contribution in [3.05, 3.63) is 29.8 Å². The summed E-state index contributed by atoms with van der Waals surface area (Å²) in [7, 11) is 0. The smallest absolute Gasteiger partial charge is 0.122 e. The molecular formula is C15H23NO2. The Morgan fingerprint density at radius 3 is 2.72 bits per heavy atom. The lowest BCUT2D eigenvalue weighted by Gasteiger charge is -2.16. The van der Waals surface area contributed by atoms with Crippen LogP contribution in [0.2, 0.25) is 0 Å². The second kappa shape index (κ2) is 6.21. The lowest BCUT2D eigenvalue weighted by molar-refractivity contribution is 0.104. The van der Waals surface area contributed by atoms with Crippen molar-refractivity contribution in [3.8, 4) is 5.75 Å². The summed E-state index contributed by atoms with van der Waals surface area (Å²) in [6.07, 6.45) is 2.06. The average molecular weight is 249 g/mol. The van der Waals surface area contributed by atoms with E-state index in [1.165, 1.54) is 18.4 Å². The van der Waals surface area contributed by atoms with Gasteiger partial charge >= 0.3 is 0 Å².